The van der Waals surface area contributed by atoms with Crippen molar-refractivity contribution in [1.29, 1.82) is 0 Å². The first-order chi connectivity index (χ1) is 14.5. The molecule has 1 aliphatic heterocycles. The normalized spacial score (nSPS) is 16.7. The number of allylic oxidation sites excluding steroid dienone is 1. The van der Waals surface area contributed by atoms with Gasteiger partial charge in [0.15, 0.2) is 0 Å². The number of rotatable bonds is 5. The number of amides is 1. The maximum absolute atomic E-state index is 13.2. The van der Waals surface area contributed by atoms with Crippen LogP contribution in [0.1, 0.15) is 23.8 Å². The van der Waals surface area contributed by atoms with Crippen LogP contribution in [0.25, 0.3) is 16.9 Å². The van der Waals surface area contributed by atoms with Crippen LogP contribution < -0.4 is 5.56 Å². The van der Waals surface area contributed by atoms with Gasteiger partial charge in [-0.2, -0.15) is 0 Å². The number of carbonyl (C=O) groups excluding carboxylic acids is 1. The molecular weight excluding hydrogens is 404 g/mol. The third-order valence-corrected chi connectivity index (χ3v) is 5.57. The largest absolute Gasteiger partial charge is 0.377 e. The van der Waals surface area contributed by atoms with E-state index in [9.17, 15) is 9.59 Å². The van der Waals surface area contributed by atoms with Crippen molar-refractivity contribution in [3.63, 3.8) is 0 Å². The minimum absolute atomic E-state index is 0.00973. The Hall–Kier alpha value is -2.90. The van der Waals surface area contributed by atoms with E-state index < -0.39 is 0 Å². The molecule has 0 bridgehead atoms. The van der Waals surface area contributed by atoms with E-state index in [1.807, 2.05) is 19.1 Å². The van der Waals surface area contributed by atoms with Gasteiger partial charge >= 0.3 is 0 Å². The number of nitrogens with zero attached hydrogens (tertiary/aromatic N) is 4. The zero-order valence-electron chi connectivity index (χ0n) is 16.8. The maximum Gasteiger partial charge on any atom is 0.295 e. The molecule has 3 aromatic rings. The molecule has 30 heavy (non-hydrogen) atoms. The van der Waals surface area contributed by atoms with Crippen molar-refractivity contribution < 1.29 is 9.53 Å². The molecule has 4 rings (SSSR count). The Kier molecular flexibility index (Phi) is 5.74. The summed E-state index contributed by atoms with van der Waals surface area (Å²) in [5.41, 5.74) is 1.63. The van der Waals surface area contributed by atoms with Crippen LogP contribution in [0.5, 0.6) is 0 Å². The van der Waals surface area contributed by atoms with Gasteiger partial charge in [0.2, 0.25) is 5.65 Å². The Balaban J connectivity index is 1.83. The molecule has 0 radical (unpaired) electrons. The Morgan fingerprint density at radius 3 is 2.97 bits per heavy atom. The van der Waals surface area contributed by atoms with E-state index in [0.717, 1.165) is 12.0 Å². The second kappa shape index (κ2) is 8.45. The van der Waals surface area contributed by atoms with E-state index in [-0.39, 0.29) is 28.8 Å². The summed E-state index contributed by atoms with van der Waals surface area (Å²) >= 11 is 6.15. The minimum Gasteiger partial charge on any atom is -0.377 e. The number of hydrogen-bond donors (Lipinski definition) is 0. The highest BCUT2D eigenvalue weighted by atomic mass is 35.5. The van der Waals surface area contributed by atoms with Gasteiger partial charge in [-0.05, 0) is 18.6 Å². The highest BCUT2D eigenvalue weighted by Crippen LogP contribution is 2.23. The van der Waals surface area contributed by atoms with Crippen LogP contribution >= 0.6 is 11.6 Å². The number of hydrogen-bond acceptors (Lipinski definition) is 4. The summed E-state index contributed by atoms with van der Waals surface area (Å²) in [5, 5.41) is 0.574. The Labute approximate surface area is 179 Å². The van der Waals surface area contributed by atoms with Gasteiger partial charge in [0, 0.05) is 36.1 Å². The van der Waals surface area contributed by atoms with Crippen molar-refractivity contribution in [2.75, 3.05) is 19.8 Å². The molecule has 0 saturated carbocycles. The molecule has 156 valence electrons. The highest BCUT2D eigenvalue weighted by molar-refractivity contribution is 6.30. The summed E-state index contributed by atoms with van der Waals surface area (Å²) in [5.74, 6) is -0.187. The lowest BCUT2D eigenvalue weighted by molar-refractivity contribution is -0.00307. The summed E-state index contributed by atoms with van der Waals surface area (Å²) < 4.78 is 8.69. The Bertz CT molecular complexity index is 1170. The van der Waals surface area contributed by atoms with Gasteiger partial charge in [0.1, 0.15) is 5.69 Å². The fraction of sp³-hybridized carbons (Fsp3) is 0.318. The van der Waals surface area contributed by atoms with Gasteiger partial charge < -0.3 is 9.64 Å². The smallest absolute Gasteiger partial charge is 0.295 e. The van der Waals surface area contributed by atoms with Crippen molar-refractivity contribution in [1.82, 2.24) is 18.9 Å². The number of morpholine rings is 1. The number of ether oxygens (including phenoxy) is 1. The molecule has 0 aliphatic carbocycles. The van der Waals surface area contributed by atoms with Crippen molar-refractivity contribution in [2.24, 2.45) is 0 Å². The minimum atomic E-state index is -0.291. The number of aromatic nitrogens is 3. The average molecular weight is 427 g/mol. The molecule has 0 unspecified atom stereocenters. The molecule has 1 aromatic carbocycles. The summed E-state index contributed by atoms with van der Waals surface area (Å²) in [6, 6.07) is 7.30. The average Bonchev–Trinajstić information content (AvgIpc) is 3.19. The summed E-state index contributed by atoms with van der Waals surface area (Å²) in [6.45, 7) is 7.62. The highest BCUT2D eigenvalue weighted by Gasteiger charge is 2.28. The lowest BCUT2D eigenvalue weighted by Gasteiger charge is -2.34. The predicted molar refractivity (Wildman–Crippen MR) is 116 cm³/mol. The molecule has 0 spiro atoms. The second-order valence-corrected chi connectivity index (χ2v) is 7.66. The lowest BCUT2D eigenvalue weighted by Crippen LogP contribution is -2.48. The first-order valence-corrected chi connectivity index (χ1v) is 10.3. The lowest BCUT2D eigenvalue weighted by atomic mass is 10.1. The zero-order valence-corrected chi connectivity index (χ0v) is 17.5. The van der Waals surface area contributed by atoms with Gasteiger partial charge in [-0.15, -0.1) is 6.58 Å². The van der Waals surface area contributed by atoms with Gasteiger partial charge in [-0.1, -0.05) is 36.7 Å². The number of benzene rings is 1. The molecule has 1 amide bonds. The topological polar surface area (TPSA) is 68.8 Å². The fourth-order valence-electron chi connectivity index (χ4n) is 3.78. The Morgan fingerprint density at radius 1 is 1.40 bits per heavy atom. The maximum atomic E-state index is 13.2. The molecule has 2 aromatic heterocycles. The van der Waals surface area contributed by atoms with E-state index in [4.69, 9.17) is 16.3 Å². The molecule has 1 aliphatic rings. The molecule has 1 fully saturated rings. The first-order valence-electron chi connectivity index (χ1n) is 9.91. The van der Waals surface area contributed by atoms with Crippen LogP contribution in [0, 0.1) is 0 Å². The second-order valence-electron chi connectivity index (χ2n) is 7.22. The van der Waals surface area contributed by atoms with Crippen molar-refractivity contribution >= 4 is 23.2 Å². The molecule has 1 atom stereocenters. The van der Waals surface area contributed by atoms with Gasteiger partial charge in [0.05, 0.1) is 24.9 Å². The number of imidazole rings is 1. The summed E-state index contributed by atoms with van der Waals surface area (Å²) in [4.78, 5) is 32.5. The third kappa shape index (κ3) is 3.66. The Morgan fingerprint density at radius 2 is 2.23 bits per heavy atom. The molecule has 7 nitrogen and oxygen atoms in total. The summed E-state index contributed by atoms with van der Waals surface area (Å²) in [6.07, 6.45) is 5.87. The monoisotopic (exact) mass is 426 g/mol. The standard InChI is InChI=1S/C22H23ClN4O3/c1-3-8-27-19(15-6-5-7-16(23)11-15)13-25-12-18(24-20(25)22(27)29)21(28)26-9-10-30-14-17(26)4-2/h3,5-7,11-13,17H,1,4,8-10,14H2,2H3/t17-/m1/s1. The molecule has 8 heteroatoms. The molecule has 0 N–H and O–H groups in total. The van der Waals surface area contributed by atoms with Crippen molar-refractivity contribution in [3.8, 4) is 11.3 Å². The fourth-order valence-corrected chi connectivity index (χ4v) is 3.97. The molecular formula is C22H23ClN4O3. The molecule has 1 saturated heterocycles. The van der Waals surface area contributed by atoms with Crippen LogP contribution in [-0.4, -0.2) is 50.6 Å². The third-order valence-electron chi connectivity index (χ3n) is 5.33. The van der Waals surface area contributed by atoms with E-state index in [1.54, 1.807) is 44.5 Å². The van der Waals surface area contributed by atoms with Crippen LogP contribution in [0.3, 0.4) is 0 Å². The SMILES string of the molecule is C=CCn1c(-c2cccc(Cl)c2)cn2cc(C(=O)N3CCOC[C@H]3CC)nc2c1=O. The van der Waals surface area contributed by atoms with Crippen LogP contribution in [0.15, 0.2) is 54.1 Å². The van der Waals surface area contributed by atoms with Crippen molar-refractivity contribution in [3.05, 3.63) is 70.4 Å². The van der Waals surface area contributed by atoms with Crippen LogP contribution in [0.2, 0.25) is 5.02 Å². The van der Waals surface area contributed by atoms with Crippen molar-refractivity contribution in [2.45, 2.75) is 25.9 Å². The first kappa shape index (κ1) is 20.4. The quantitative estimate of drug-likeness (QED) is 0.587. The number of carbonyl (C=O) groups is 1. The van der Waals surface area contributed by atoms with Gasteiger partial charge in [-0.3, -0.25) is 18.6 Å². The van der Waals surface area contributed by atoms with E-state index in [0.29, 0.717) is 37.0 Å². The number of halogens is 1. The zero-order chi connectivity index (χ0) is 21.3. The van der Waals surface area contributed by atoms with E-state index in [1.165, 1.54) is 0 Å². The van der Waals surface area contributed by atoms with Gasteiger partial charge in [0.25, 0.3) is 11.5 Å². The van der Waals surface area contributed by atoms with E-state index in [2.05, 4.69) is 11.6 Å². The van der Waals surface area contributed by atoms with Crippen LogP contribution in [-0.2, 0) is 11.3 Å². The predicted octanol–water partition coefficient (Wildman–Crippen LogP) is 3.25. The number of fused-ring (bicyclic) bond motifs is 1. The summed E-state index contributed by atoms with van der Waals surface area (Å²) in [7, 11) is 0. The van der Waals surface area contributed by atoms with Crippen LogP contribution in [0.4, 0.5) is 0 Å². The van der Waals surface area contributed by atoms with E-state index >= 15 is 0 Å². The van der Waals surface area contributed by atoms with Gasteiger partial charge in [-0.25, -0.2) is 4.98 Å². The molecule has 3 heterocycles.